The van der Waals surface area contributed by atoms with E-state index in [2.05, 4.69) is 48.4 Å². The molecule has 3 N–H and O–H groups in total. The van der Waals surface area contributed by atoms with Crippen LogP contribution in [0, 0.1) is 11.7 Å². The van der Waals surface area contributed by atoms with Gasteiger partial charge in [-0.3, -0.25) is 0 Å². The number of carbonyl (C=O) groups excluding carboxylic acids is 1. The number of rotatable bonds is 15. The average molecular weight is 465 g/mol. The molecule has 30 heavy (non-hydrogen) atoms. The quantitative estimate of drug-likeness (QED) is 0.112. The number of hydrogen-bond acceptors (Lipinski definition) is 8. The summed E-state index contributed by atoms with van der Waals surface area (Å²) in [6, 6.07) is 0. The monoisotopic (exact) mass is 464 g/mol. The summed E-state index contributed by atoms with van der Waals surface area (Å²) in [7, 11) is 6.85. The van der Waals surface area contributed by atoms with Crippen LogP contribution in [0.3, 0.4) is 0 Å². The van der Waals surface area contributed by atoms with Gasteiger partial charge in [-0.05, 0) is 27.4 Å². The molecule has 0 aliphatic rings. The molecular weight excluding hydrogens is 421 g/mol. The van der Waals surface area contributed by atoms with Gasteiger partial charge >= 0.3 is 13.5 Å². The van der Waals surface area contributed by atoms with Gasteiger partial charge in [0.25, 0.3) is 0 Å². The molecule has 0 aliphatic carbocycles. The van der Waals surface area contributed by atoms with Crippen molar-refractivity contribution in [1.29, 1.82) is 0 Å². The fourth-order valence-electron chi connectivity index (χ4n) is 1.49. The van der Waals surface area contributed by atoms with Crippen molar-refractivity contribution in [3.63, 3.8) is 0 Å². The van der Waals surface area contributed by atoms with E-state index in [9.17, 15) is 4.79 Å². The van der Waals surface area contributed by atoms with Crippen LogP contribution < -0.4 is 15.9 Å². The van der Waals surface area contributed by atoms with Crippen LogP contribution in [0.25, 0.3) is 0 Å². The summed E-state index contributed by atoms with van der Waals surface area (Å²) in [5.74, 6) is 6.11. The highest BCUT2D eigenvalue weighted by molar-refractivity contribution is 8.77. The fraction of sp³-hybridized carbons (Fsp3) is 0.850. The van der Waals surface area contributed by atoms with E-state index in [1.165, 1.54) is 0 Å². The zero-order valence-electron chi connectivity index (χ0n) is 20.2. The second-order valence-electron chi connectivity index (χ2n) is 5.64. The smallest absolute Gasteiger partial charge is 0.407 e. The summed E-state index contributed by atoms with van der Waals surface area (Å²) in [6.45, 7) is 18.1. The van der Waals surface area contributed by atoms with Crippen molar-refractivity contribution in [3.8, 4) is 11.7 Å². The highest BCUT2D eigenvalue weighted by Gasteiger charge is 2.17. The summed E-state index contributed by atoms with van der Waals surface area (Å²) < 4.78 is 15.8. The predicted octanol–water partition coefficient (Wildman–Crippen LogP) is 3.32. The lowest BCUT2D eigenvalue weighted by Crippen LogP contribution is -2.31. The Hall–Kier alpha value is -0.565. The zero-order chi connectivity index (χ0) is 23.5. The minimum Gasteiger partial charge on any atom is -0.447 e. The molecule has 0 rings (SSSR count). The minimum atomic E-state index is -0.472. The lowest BCUT2D eigenvalue weighted by atomic mass is 9.98. The maximum absolute atomic E-state index is 11.4. The predicted molar refractivity (Wildman–Crippen MR) is 134 cm³/mol. The average Bonchev–Trinajstić information content (AvgIpc) is 2.76. The number of alkyl carbamates (subject to hydrolysis) is 1. The first-order valence-corrected chi connectivity index (χ1v) is 12.9. The van der Waals surface area contributed by atoms with Crippen LogP contribution in [0.15, 0.2) is 0 Å². The van der Waals surface area contributed by atoms with Gasteiger partial charge in [-0.25, -0.2) is 4.79 Å². The molecule has 0 unspecified atom stereocenters. The lowest BCUT2D eigenvalue weighted by molar-refractivity contribution is 0.0908. The number of hydrogen-bond donors (Lipinski definition) is 3. The van der Waals surface area contributed by atoms with Crippen LogP contribution in [0.2, 0.25) is 0 Å². The van der Waals surface area contributed by atoms with Crippen LogP contribution >= 0.6 is 21.6 Å². The Kier molecular flexibility index (Phi) is 32.3. The molecule has 7 nitrogen and oxygen atoms in total. The third kappa shape index (κ3) is 29.6. The summed E-state index contributed by atoms with van der Waals surface area (Å²) in [5.41, 5.74) is 0. The molecule has 0 aromatic heterocycles. The van der Waals surface area contributed by atoms with Crippen molar-refractivity contribution in [2.75, 3.05) is 59.0 Å². The van der Waals surface area contributed by atoms with Gasteiger partial charge in [0.05, 0.1) is 13.2 Å². The van der Waals surface area contributed by atoms with Crippen molar-refractivity contribution >= 4 is 35.1 Å². The maximum Gasteiger partial charge on any atom is 0.407 e. The van der Waals surface area contributed by atoms with E-state index in [-0.39, 0.29) is 11.4 Å². The molecule has 0 fully saturated rings. The van der Waals surface area contributed by atoms with E-state index < -0.39 is 6.09 Å². The topological polar surface area (TPSA) is 80.9 Å². The summed E-state index contributed by atoms with van der Waals surface area (Å²) in [4.78, 5) is 11.4. The molecule has 0 aliphatic heterocycles. The van der Waals surface area contributed by atoms with E-state index in [0.29, 0.717) is 32.3 Å². The molecule has 0 bridgehead atoms. The van der Waals surface area contributed by atoms with Gasteiger partial charge in [0.15, 0.2) is 0 Å². The van der Waals surface area contributed by atoms with Gasteiger partial charge in [-0.1, -0.05) is 62.1 Å². The van der Waals surface area contributed by atoms with Gasteiger partial charge < -0.3 is 30.1 Å². The maximum atomic E-state index is 11.4. The van der Waals surface area contributed by atoms with Crippen molar-refractivity contribution in [2.24, 2.45) is 0 Å². The van der Waals surface area contributed by atoms with Crippen LogP contribution in [-0.2, 0) is 14.2 Å². The molecule has 1 amide bonds. The van der Waals surface area contributed by atoms with E-state index in [0.717, 1.165) is 13.1 Å². The first-order valence-electron chi connectivity index (χ1n) is 10.6. The number of nitrogens with one attached hydrogen (secondary N) is 3. The molecular formula is C20H43BN3O4S2. The highest BCUT2D eigenvalue weighted by atomic mass is 33.1. The van der Waals surface area contributed by atoms with Crippen LogP contribution in [0.4, 0.5) is 4.79 Å². The van der Waals surface area contributed by atoms with Crippen LogP contribution in [-0.4, -0.2) is 77.3 Å². The number of ether oxygens (including phenoxy) is 3. The second-order valence-corrected chi connectivity index (χ2v) is 8.59. The van der Waals surface area contributed by atoms with Crippen molar-refractivity contribution < 1.29 is 19.0 Å². The normalized spacial score (nSPS) is 9.73. The Morgan fingerprint density at radius 3 is 2.43 bits per heavy atom. The molecule has 0 saturated heterocycles. The first-order chi connectivity index (χ1) is 14.5. The van der Waals surface area contributed by atoms with E-state index in [1.54, 1.807) is 36.0 Å². The molecule has 0 saturated carbocycles. The highest BCUT2D eigenvalue weighted by Crippen LogP contribution is 2.34. The standard InChI is InChI=1S/C16H31BN3O4S2.2C2H6/c1-5-19-13-16(2,3)26-25-14-23-11-12-24-15(21)20-8-10-22-9-6-7-17-18-4;2*1-2/h18-19H,5,8-14H2,1-4H3,(H,20,21);2*1-2H3. The Morgan fingerprint density at radius 1 is 1.10 bits per heavy atom. The number of carbonyl (C=O) groups is 1. The van der Waals surface area contributed by atoms with Gasteiger partial charge in [-0.15, -0.1) is 5.82 Å². The van der Waals surface area contributed by atoms with Gasteiger partial charge in [0, 0.05) is 17.8 Å². The van der Waals surface area contributed by atoms with Crippen LogP contribution in [0.5, 0.6) is 0 Å². The molecule has 0 aromatic rings. The van der Waals surface area contributed by atoms with Crippen LogP contribution in [0.1, 0.15) is 48.5 Å². The molecule has 10 heteroatoms. The summed E-state index contributed by atoms with van der Waals surface area (Å²) in [5, 5.41) is 8.73. The third-order valence-corrected chi connectivity index (χ3v) is 5.66. The minimum absolute atomic E-state index is 0.152. The molecule has 0 aromatic carbocycles. The second kappa shape index (κ2) is 28.4. The van der Waals surface area contributed by atoms with Gasteiger partial charge in [0.1, 0.15) is 19.2 Å². The van der Waals surface area contributed by atoms with E-state index >= 15 is 0 Å². The molecule has 0 heterocycles. The summed E-state index contributed by atoms with van der Waals surface area (Å²) >= 11 is 0. The fourth-order valence-corrected chi connectivity index (χ4v) is 3.69. The Bertz CT molecular complexity index is 423. The molecule has 0 spiro atoms. The van der Waals surface area contributed by atoms with Crippen molar-refractivity contribution in [1.82, 2.24) is 15.9 Å². The molecule has 0 atom stereocenters. The van der Waals surface area contributed by atoms with Crippen molar-refractivity contribution in [2.45, 2.75) is 53.2 Å². The lowest BCUT2D eigenvalue weighted by Gasteiger charge is -2.23. The molecule has 177 valence electrons. The zero-order valence-corrected chi connectivity index (χ0v) is 21.8. The van der Waals surface area contributed by atoms with E-state index in [1.807, 2.05) is 27.7 Å². The van der Waals surface area contributed by atoms with E-state index in [4.69, 9.17) is 14.2 Å². The van der Waals surface area contributed by atoms with Crippen molar-refractivity contribution in [3.05, 3.63) is 0 Å². The van der Waals surface area contributed by atoms with Gasteiger partial charge in [0.2, 0.25) is 0 Å². The summed E-state index contributed by atoms with van der Waals surface area (Å²) in [6.07, 6.45) is -0.472. The Labute approximate surface area is 193 Å². The number of amides is 1. The largest absolute Gasteiger partial charge is 0.447 e. The Morgan fingerprint density at radius 2 is 1.80 bits per heavy atom. The first kappa shape index (κ1) is 34.1. The SMILES string of the molecule is CC.CC.CCNCC(C)(C)SSCOCCOC(=O)NCCOCC#C[B]NC. The Balaban J connectivity index is -0.00000171. The third-order valence-electron chi connectivity index (χ3n) is 2.69. The van der Waals surface area contributed by atoms with Gasteiger partial charge in [-0.2, -0.15) is 0 Å². The molecule has 1 radical (unpaired) electrons.